The Morgan fingerprint density at radius 3 is 2.72 bits per heavy atom. The molecule has 1 aliphatic carbocycles. The van der Waals surface area contributed by atoms with Crippen LogP contribution in [0, 0.1) is 0 Å². The molecule has 138 valence electrons. The number of aromatic nitrogens is 2. The van der Waals surface area contributed by atoms with E-state index in [1.165, 1.54) is 6.20 Å². The quantitative estimate of drug-likeness (QED) is 0.815. The van der Waals surface area contributed by atoms with Crippen LogP contribution in [-0.2, 0) is 19.6 Å². The van der Waals surface area contributed by atoms with Gasteiger partial charge in [-0.05, 0) is 38.5 Å². The van der Waals surface area contributed by atoms with Crippen LogP contribution in [0.15, 0.2) is 17.3 Å². The number of piperidine rings is 1. The van der Waals surface area contributed by atoms with Crippen molar-refractivity contribution in [2.45, 2.75) is 67.5 Å². The van der Waals surface area contributed by atoms with Gasteiger partial charge in [0.25, 0.3) is 0 Å². The summed E-state index contributed by atoms with van der Waals surface area (Å²) in [5.74, 6) is 0.0162. The molecule has 1 aromatic rings. The first-order valence-corrected chi connectivity index (χ1v) is 10.4. The zero-order chi connectivity index (χ0) is 17.5. The standard InChI is InChI=1S/C16H24N4O4S/c21-15-3-2-14(16(18-15)6-1-7-16)19-25(22,23)13-10-17-20(11-13)12-4-8-24-9-5-12/h10-12,14,19H,1-9H2,(H,18,21). The predicted octanol–water partition coefficient (Wildman–Crippen LogP) is 0.714. The highest BCUT2D eigenvalue weighted by atomic mass is 32.2. The van der Waals surface area contributed by atoms with E-state index in [0.717, 1.165) is 32.1 Å². The fourth-order valence-corrected chi connectivity index (χ4v) is 5.33. The molecule has 1 atom stereocenters. The number of nitrogens with zero attached hydrogens (tertiary/aromatic N) is 2. The molecule has 1 unspecified atom stereocenters. The van der Waals surface area contributed by atoms with Crippen molar-refractivity contribution in [1.29, 1.82) is 0 Å². The van der Waals surface area contributed by atoms with E-state index in [-0.39, 0.29) is 22.9 Å². The highest BCUT2D eigenvalue weighted by Crippen LogP contribution is 2.39. The van der Waals surface area contributed by atoms with Crippen LogP contribution in [0.5, 0.6) is 0 Å². The van der Waals surface area contributed by atoms with Gasteiger partial charge >= 0.3 is 0 Å². The maximum atomic E-state index is 12.8. The van der Waals surface area contributed by atoms with E-state index in [2.05, 4.69) is 15.1 Å². The number of amides is 1. The average molecular weight is 368 g/mol. The molecule has 2 aliphatic heterocycles. The SMILES string of the molecule is O=C1CCC(NS(=O)(=O)c2cnn(C3CCOCC3)c2)C2(CCC2)N1. The van der Waals surface area contributed by atoms with E-state index in [9.17, 15) is 13.2 Å². The van der Waals surface area contributed by atoms with E-state index in [1.54, 1.807) is 10.9 Å². The molecule has 0 bridgehead atoms. The third kappa shape index (κ3) is 3.20. The molecule has 0 aromatic carbocycles. The molecule has 3 aliphatic rings. The Morgan fingerprint density at radius 2 is 2.04 bits per heavy atom. The second-order valence-corrected chi connectivity index (χ2v) is 8.98. The maximum Gasteiger partial charge on any atom is 0.244 e. The molecule has 1 amide bonds. The van der Waals surface area contributed by atoms with Crippen LogP contribution in [0.2, 0.25) is 0 Å². The summed E-state index contributed by atoms with van der Waals surface area (Å²) in [5, 5.41) is 7.26. The van der Waals surface area contributed by atoms with Gasteiger partial charge in [-0.2, -0.15) is 5.10 Å². The Bertz CT molecular complexity index is 750. The number of sulfonamides is 1. The van der Waals surface area contributed by atoms with E-state index in [1.807, 2.05) is 0 Å². The number of ether oxygens (including phenoxy) is 1. The average Bonchev–Trinajstić information content (AvgIpc) is 3.07. The van der Waals surface area contributed by atoms with Gasteiger partial charge in [0.15, 0.2) is 0 Å². The van der Waals surface area contributed by atoms with Crippen molar-refractivity contribution in [2.75, 3.05) is 13.2 Å². The fraction of sp³-hybridized carbons (Fsp3) is 0.750. The van der Waals surface area contributed by atoms with Gasteiger partial charge in [-0.15, -0.1) is 0 Å². The highest BCUT2D eigenvalue weighted by Gasteiger charge is 2.49. The summed E-state index contributed by atoms with van der Waals surface area (Å²) in [4.78, 5) is 11.9. The second kappa shape index (κ2) is 6.37. The topological polar surface area (TPSA) is 102 Å². The Morgan fingerprint density at radius 1 is 1.28 bits per heavy atom. The lowest BCUT2D eigenvalue weighted by Crippen LogP contribution is -2.68. The lowest BCUT2D eigenvalue weighted by atomic mass is 9.68. The summed E-state index contributed by atoms with van der Waals surface area (Å²) in [6, 6.07) is -0.0694. The Kier molecular flexibility index (Phi) is 4.33. The van der Waals surface area contributed by atoms with Gasteiger partial charge in [0.05, 0.1) is 17.8 Å². The van der Waals surface area contributed by atoms with Crippen LogP contribution >= 0.6 is 0 Å². The first-order valence-electron chi connectivity index (χ1n) is 8.94. The number of carbonyl (C=O) groups excluding carboxylic acids is 1. The number of hydrogen-bond donors (Lipinski definition) is 2. The van der Waals surface area contributed by atoms with Crippen molar-refractivity contribution < 1.29 is 17.9 Å². The molecular weight excluding hydrogens is 344 g/mol. The number of rotatable bonds is 4. The van der Waals surface area contributed by atoms with Crippen molar-refractivity contribution in [2.24, 2.45) is 0 Å². The van der Waals surface area contributed by atoms with Gasteiger partial charge in [-0.25, -0.2) is 13.1 Å². The van der Waals surface area contributed by atoms with Gasteiger partial charge in [0.1, 0.15) is 4.90 Å². The molecule has 4 rings (SSSR count). The highest BCUT2D eigenvalue weighted by molar-refractivity contribution is 7.89. The van der Waals surface area contributed by atoms with E-state index in [4.69, 9.17) is 4.74 Å². The fourth-order valence-electron chi connectivity index (χ4n) is 4.05. The molecule has 9 heteroatoms. The summed E-state index contributed by atoms with van der Waals surface area (Å²) >= 11 is 0. The van der Waals surface area contributed by atoms with Crippen LogP contribution in [0.25, 0.3) is 0 Å². The van der Waals surface area contributed by atoms with Crippen molar-refractivity contribution in [3.05, 3.63) is 12.4 Å². The van der Waals surface area contributed by atoms with Crippen LogP contribution in [0.3, 0.4) is 0 Å². The minimum absolute atomic E-state index is 0.0162. The normalized spacial score (nSPS) is 27.0. The van der Waals surface area contributed by atoms with E-state index in [0.29, 0.717) is 26.1 Å². The maximum absolute atomic E-state index is 12.8. The zero-order valence-corrected chi connectivity index (χ0v) is 14.9. The van der Waals surface area contributed by atoms with Gasteiger partial charge in [-0.1, -0.05) is 0 Å². The smallest absolute Gasteiger partial charge is 0.244 e. The molecule has 1 aromatic heterocycles. The first-order chi connectivity index (χ1) is 12.0. The number of carbonyl (C=O) groups is 1. The van der Waals surface area contributed by atoms with Crippen LogP contribution in [0.1, 0.15) is 51.0 Å². The number of hydrogen-bond acceptors (Lipinski definition) is 5. The minimum Gasteiger partial charge on any atom is -0.381 e. The molecule has 3 fully saturated rings. The minimum atomic E-state index is -3.66. The van der Waals surface area contributed by atoms with Crippen LogP contribution < -0.4 is 10.0 Å². The summed E-state index contributed by atoms with van der Waals surface area (Å²) in [7, 11) is -3.66. The molecule has 25 heavy (non-hydrogen) atoms. The van der Waals surface area contributed by atoms with E-state index >= 15 is 0 Å². The molecule has 2 saturated heterocycles. The van der Waals surface area contributed by atoms with Crippen LogP contribution in [-0.4, -0.2) is 48.9 Å². The van der Waals surface area contributed by atoms with Crippen LogP contribution in [0.4, 0.5) is 0 Å². The molecule has 3 heterocycles. The molecule has 2 N–H and O–H groups in total. The van der Waals surface area contributed by atoms with E-state index < -0.39 is 15.6 Å². The number of nitrogens with one attached hydrogen (secondary N) is 2. The molecule has 0 radical (unpaired) electrons. The Balaban J connectivity index is 1.50. The van der Waals surface area contributed by atoms with Crippen molar-refractivity contribution in [3.8, 4) is 0 Å². The van der Waals surface area contributed by atoms with Gasteiger partial charge in [-0.3, -0.25) is 9.48 Å². The van der Waals surface area contributed by atoms with Gasteiger partial charge in [0, 0.05) is 31.9 Å². The van der Waals surface area contributed by atoms with Crippen molar-refractivity contribution >= 4 is 15.9 Å². The van der Waals surface area contributed by atoms with Crippen molar-refractivity contribution in [1.82, 2.24) is 19.8 Å². The monoisotopic (exact) mass is 368 g/mol. The van der Waals surface area contributed by atoms with Gasteiger partial charge in [0.2, 0.25) is 15.9 Å². The lowest BCUT2D eigenvalue weighted by Gasteiger charge is -2.50. The Labute approximate surface area is 147 Å². The summed E-state index contributed by atoms with van der Waals surface area (Å²) in [6.07, 6.45) is 8.26. The van der Waals surface area contributed by atoms with Gasteiger partial charge < -0.3 is 10.1 Å². The third-order valence-corrected chi connectivity index (χ3v) is 7.14. The molecule has 1 spiro atoms. The molecular formula is C16H24N4O4S. The summed E-state index contributed by atoms with van der Waals surface area (Å²) in [6.45, 7) is 1.35. The Hall–Kier alpha value is -1.45. The first kappa shape index (κ1) is 17.0. The zero-order valence-electron chi connectivity index (χ0n) is 14.1. The summed E-state index contributed by atoms with van der Waals surface area (Å²) < 4.78 is 35.5. The molecule has 8 nitrogen and oxygen atoms in total. The predicted molar refractivity (Wildman–Crippen MR) is 89.4 cm³/mol. The summed E-state index contributed by atoms with van der Waals surface area (Å²) in [5.41, 5.74) is -0.404. The third-order valence-electron chi connectivity index (χ3n) is 5.71. The largest absolute Gasteiger partial charge is 0.381 e. The molecule has 1 saturated carbocycles. The lowest BCUT2D eigenvalue weighted by molar-refractivity contribution is -0.127. The second-order valence-electron chi connectivity index (χ2n) is 7.27. The van der Waals surface area contributed by atoms with Crippen molar-refractivity contribution in [3.63, 3.8) is 0 Å².